The first-order chi connectivity index (χ1) is 15.0. The molecule has 160 valence electrons. The first-order valence-corrected chi connectivity index (χ1v) is 10.6. The molecule has 3 aromatic carbocycles. The molecule has 31 heavy (non-hydrogen) atoms. The van der Waals surface area contributed by atoms with Gasteiger partial charge >= 0.3 is 0 Å². The third-order valence-corrected chi connectivity index (χ3v) is 5.66. The number of hydrogen-bond acceptors (Lipinski definition) is 4. The third-order valence-electron chi connectivity index (χ3n) is 5.43. The van der Waals surface area contributed by atoms with E-state index in [4.69, 9.17) is 21.1 Å². The van der Waals surface area contributed by atoms with Gasteiger partial charge in [-0.3, -0.25) is 4.79 Å². The molecule has 1 amide bonds. The molecule has 0 unspecified atom stereocenters. The third kappa shape index (κ3) is 4.78. The van der Waals surface area contributed by atoms with Crippen LogP contribution < -0.4 is 9.47 Å². The van der Waals surface area contributed by atoms with Gasteiger partial charge in [-0.2, -0.15) is 0 Å². The van der Waals surface area contributed by atoms with E-state index < -0.39 is 0 Å². The van der Waals surface area contributed by atoms with Crippen LogP contribution in [0.1, 0.15) is 17.5 Å². The number of carbonyl (C=O) groups is 1. The highest BCUT2D eigenvalue weighted by molar-refractivity contribution is 6.30. The van der Waals surface area contributed by atoms with Crippen molar-refractivity contribution in [1.29, 1.82) is 0 Å². The Hall–Kier alpha value is -3.18. The predicted molar refractivity (Wildman–Crippen MR) is 121 cm³/mol. The number of ether oxygens (including phenoxy) is 2. The summed E-state index contributed by atoms with van der Waals surface area (Å²) < 4.78 is 11.2. The minimum absolute atomic E-state index is 0.0370. The van der Waals surface area contributed by atoms with Gasteiger partial charge in [0.25, 0.3) is 0 Å². The molecular weight excluding hydrogens is 414 g/mol. The number of fused-ring (bicyclic) bond motifs is 1. The summed E-state index contributed by atoms with van der Waals surface area (Å²) in [6, 6.07) is 18.8. The van der Waals surface area contributed by atoms with E-state index in [2.05, 4.69) is 0 Å². The second-order valence-corrected chi connectivity index (χ2v) is 7.91. The van der Waals surface area contributed by atoms with Crippen molar-refractivity contribution in [2.24, 2.45) is 0 Å². The van der Waals surface area contributed by atoms with Gasteiger partial charge in [0.1, 0.15) is 12.4 Å². The van der Waals surface area contributed by atoms with Crippen LogP contribution >= 0.6 is 11.6 Å². The topological polar surface area (TPSA) is 59.0 Å². The molecule has 0 spiro atoms. The minimum atomic E-state index is 0.0370. The van der Waals surface area contributed by atoms with Crippen LogP contribution in [0.5, 0.6) is 17.2 Å². The largest absolute Gasteiger partial charge is 0.504 e. The van der Waals surface area contributed by atoms with Gasteiger partial charge in [-0.25, -0.2) is 0 Å². The summed E-state index contributed by atoms with van der Waals surface area (Å²) in [4.78, 5) is 14.7. The van der Waals surface area contributed by atoms with Crippen LogP contribution in [-0.2, 0) is 17.8 Å². The highest BCUT2D eigenvalue weighted by atomic mass is 35.5. The molecule has 0 atom stereocenters. The number of phenols is 1. The number of phenolic OH excluding ortho intramolecular Hbond substituents is 1. The summed E-state index contributed by atoms with van der Waals surface area (Å²) in [5, 5.41) is 11.2. The standard InChI is InChI=1S/C25H24ClNO4/c1-30-23-8-3-2-5-17(23)9-10-24(29)27-11-12-31-25-20(16-27)13-19(15-22(25)28)18-6-4-7-21(26)14-18/h2-8,13-15,28H,9-12,16H2,1H3. The van der Waals surface area contributed by atoms with Crippen LogP contribution in [0.4, 0.5) is 0 Å². The molecule has 4 rings (SSSR count). The Labute approximate surface area is 186 Å². The molecule has 5 nitrogen and oxygen atoms in total. The summed E-state index contributed by atoms with van der Waals surface area (Å²) in [5.74, 6) is 1.33. The predicted octanol–water partition coefficient (Wildman–Crippen LogP) is 5.08. The van der Waals surface area contributed by atoms with Gasteiger partial charge in [0.05, 0.1) is 13.7 Å². The highest BCUT2D eigenvalue weighted by Gasteiger charge is 2.23. The Morgan fingerprint density at radius 1 is 1.13 bits per heavy atom. The maximum absolute atomic E-state index is 13.0. The van der Waals surface area contributed by atoms with E-state index >= 15 is 0 Å². The Balaban J connectivity index is 1.53. The van der Waals surface area contributed by atoms with Crippen LogP contribution in [0, 0.1) is 0 Å². The molecule has 0 aliphatic carbocycles. The maximum atomic E-state index is 13.0. The van der Waals surface area contributed by atoms with Crippen LogP contribution in [-0.4, -0.2) is 36.2 Å². The molecule has 0 aromatic heterocycles. The maximum Gasteiger partial charge on any atom is 0.223 e. The number of para-hydroxylation sites is 1. The molecule has 0 saturated carbocycles. The van der Waals surface area contributed by atoms with Gasteiger partial charge in [-0.1, -0.05) is 41.9 Å². The Morgan fingerprint density at radius 3 is 2.77 bits per heavy atom. The Kier molecular flexibility index (Phi) is 6.33. The van der Waals surface area contributed by atoms with E-state index in [1.807, 2.05) is 48.5 Å². The lowest BCUT2D eigenvalue weighted by molar-refractivity contribution is -0.131. The van der Waals surface area contributed by atoms with Crippen LogP contribution in [0.2, 0.25) is 5.02 Å². The van der Waals surface area contributed by atoms with Crippen molar-refractivity contribution in [3.8, 4) is 28.4 Å². The van der Waals surface area contributed by atoms with E-state index in [0.717, 1.165) is 28.0 Å². The number of methoxy groups -OCH3 is 1. The molecule has 0 bridgehead atoms. The first-order valence-electron chi connectivity index (χ1n) is 10.2. The van der Waals surface area contributed by atoms with Crippen molar-refractivity contribution in [3.05, 3.63) is 76.8 Å². The fourth-order valence-electron chi connectivity index (χ4n) is 3.86. The highest BCUT2D eigenvalue weighted by Crippen LogP contribution is 2.38. The Bertz CT molecular complexity index is 1100. The van der Waals surface area contributed by atoms with E-state index in [-0.39, 0.29) is 11.7 Å². The van der Waals surface area contributed by atoms with E-state index in [1.165, 1.54) is 0 Å². The van der Waals surface area contributed by atoms with Crippen molar-refractivity contribution >= 4 is 17.5 Å². The molecule has 0 fully saturated rings. The number of hydrogen-bond donors (Lipinski definition) is 1. The van der Waals surface area contributed by atoms with E-state index in [0.29, 0.717) is 43.3 Å². The van der Waals surface area contributed by atoms with Gasteiger partial charge < -0.3 is 19.5 Å². The number of aromatic hydroxyl groups is 1. The van der Waals surface area contributed by atoms with Gasteiger partial charge in [0.15, 0.2) is 11.5 Å². The van der Waals surface area contributed by atoms with Gasteiger partial charge in [0, 0.05) is 23.6 Å². The molecule has 0 radical (unpaired) electrons. The fourth-order valence-corrected chi connectivity index (χ4v) is 4.05. The van der Waals surface area contributed by atoms with Crippen molar-refractivity contribution in [2.45, 2.75) is 19.4 Å². The normalized spacial score (nSPS) is 13.2. The fraction of sp³-hybridized carbons (Fsp3) is 0.240. The monoisotopic (exact) mass is 437 g/mol. The molecule has 1 aliphatic rings. The number of nitrogens with zero attached hydrogens (tertiary/aromatic N) is 1. The first kappa shape index (κ1) is 21.1. The molecule has 1 N–H and O–H groups in total. The molecule has 0 saturated heterocycles. The second kappa shape index (κ2) is 9.31. The lowest BCUT2D eigenvalue weighted by atomic mass is 10.0. The number of aryl methyl sites for hydroxylation is 1. The van der Waals surface area contributed by atoms with Gasteiger partial charge in [0.2, 0.25) is 5.91 Å². The van der Waals surface area contributed by atoms with Crippen LogP contribution in [0.3, 0.4) is 0 Å². The summed E-state index contributed by atoms with van der Waals surface area (Å²) in [5.41, 5.74) is 3.50. The quantitative estimate of drug-likeness (QED) is 0.605. The average Bonchev–Trinajstić information content (AvgIpc) is 3.00. The number of amides is 1. The Morgan fingerprint density at radius 2 is 1.97 bits per heavy atom. The molecular formula is C25H24ClNO4. The summed E-state index contributed by atoms with van der Waals surface area (Å²) in [6.07, 6.45) is 0.969. The second-order valence-electron chi connectivity index (χ2n) is 7.47. The zero-order valence-corrected chi connectivity index (χ0v) is 18.1. The smallest absolute Gasteiger partial charge is 0.223 e. The average molecular weight is 438 g/mol. The number of carbonyl (C=O) groups excluding carboxylic acids is 1. The zero-order valence-electron chi connectivity index (χ0n) is 17.3. The van der Waals surface area contributed by atoms with E-state index in [1.54, 1.807) is 24.1 Å². The molecule has 6 heteroatoms. The molecule has 3 aromatic rings. The molecule has 1 aliphatic heterocycles. The summed E-state index contributed by atoms with van der Waals surface area (Å²) in [7, 11) is 1.63. The zero-order chi connectivity index (χ0) is 21.8. The van der Waals surface area contributed by atoms with Gasteiger partial charge in [-0.15, -0.1) is 0 Å². The van der Waals surface area contributed by atoms with Crippen LogP contribution in [0.15, 0.2) is 60.7 Å². The number of rotatable bonds is 5. The number of halogens is 1. The lowest BCUT2D eigenvalue weighted by Crippen LogP contribution is -2.32. The number of benzene rings is 3. The van der Waals surface area contributed by atoms with Crippen molar-refractivity contribution in [1.82, 2.24) is 4.90 Å². The summed E-state index contributed by atoms with van der Waals surface area (Å²) in [6.45, 7) is 1.17. The summed E-state index contributed by atoms with van der Waals surface area (Å²) >= 11 is 6.13. The SMILES string of the molecule is COc1ccccc1CCC(=O)N1CCOc2c(O)cc(-c3cccc(Cl)c3)cc2C1. The van der Waals surface area contributed by atoms with E-state index in [9.17, 15) is 9.90 Å². The molecule has 1 heterocycles. The lowest BCUT2D eigenvalue weighted by Gasteiger charge is -2.20. The minimum Gasteiger partial charge on any atom is -0.504 e. The van der Waals surface area contributed by atoms with Gasteiger partial charge in [-0.05, 0) is 53.4 Å². The van der Waals surface area contributed by atoms with Crippen LogP contribution in [0.25, 0.3) is 11.1 Å². The van der Waals surface area contributed by atoms with Crippen molar-refractivity contribution in [3.63, 3.8) is 0 Å². The van der Waals surface area contributed by atoms with Crippen molar-refractivity contribution < 1.29 is 19.4 Å². The van der Waals surface area contributed by atoms with Crippen molar-refractivity contribution in [2.75, 3.05) is 20.3 Å².